The molecule has 2 aliphatic rings. The van der Waals surface area contributed by atoms with E-state index in [9.17, 15) is 15.3 Å². The predicted molar refractivity (Wildman–Crippen MR) is 102 cm³/mol. The average Bonchev–Trinajstić information content (AvgIpc) is 3.24. The van der Waals surface area contributed by atoms with E-state index in [1.807, 2.05) is 0 Å². The third-order valence-corrected chi connectivity index (χ3v) is 5.80. The summed E-state index contributed by atoms with van der Waals surface area (Å²) in [4.78, 5) is 13.0. The van der Waals surface area contributed by atoms with E-state index >= 15 is 0 Å². The van der Waals surface area contributed by atoms with E-state index in [0.717, 1.165) is 18.9 Å². The molecule has 3 heterocycles. The first kappa shape index (κ1) is 19.3. The molecule has 0 aromatic carbocycles. The number of anilines is 2. The predicted octanol–water partition coefficient (Wildman–Crippen LogP) is 0.402. The van der Waals surface area contributed by atoms with Gasteiger partial charge in [-0.3, -0.25) is 4.57 Å². The molecule has 6 N–H and O–H groups in total. The molecule has 2 aromatic rings. The molecule has 0 radical (unpaired) electrons. The quantitative estimate of drug-likeness (QED) is 0.470. The zero-order chi connectivity index (χ0) is 19.7. The van der Waals surface area contributed by atoms with Gasteiger partial charge in [0.25, 0.3) is 0 Å². The van der Waals surface area contributed by atoms with Gasteiger partial charge in [0, 0.05) is 6.54 Å². The first-order valence-electron chi connectivity index (χ1n) is 9.95. The number of nitrogens with zero attached hydrogens (tertiary/aromatic N) is 4. The number of aliphatic hydroxyl groups is 3. The Hall–Kier alpha value is -2.01. The monoisotopic (exact) mass is 392 g/mol. The zero-order valence-corrected chi connectivity index (χ0v) is 15.7. The SMILES string of the molecule is Nc1nc(NCCC2CCCCC2)nc2c1ncn2[C@@H]1O[C@H](CO)[C@@H](O)[C@H]1O. The van der Waals surface area contributed by atoms with Crippen molar-refractivity contribution in [3.05, 3.63) is 6.33 Å². The van der Waals surface area contributed by atoms with Gasteiger partial charge in [0.05, 0.1) is 12.9 Å². The van der Waals surface area contributed by atoms with Gasteiger partial charge in [-0.1, -0.05) is 32.1 Å². The molecular weight excluding hydrogens is 364 g/mol. The van der Waals surface area contributed by atoms with Crippen LogP contribution in [0.15, 0.2) is 6.33 Å². The van der Waals surface area contributed by atoms with Crippen LogP contribution in [0, 0.1) is 5.92 Å². The third kappa shape index (κ3) is 3.64. The lowest BCUT2D eigenvalue weighted by Gasteiger charge is -2.21. The number of ether oxygens (including phenoxy) is 1. The summed E-state index contributed by atoms with van der Waals surface area (Å²) in [6.07, 6.45) is 4.83. The summed E-state index contributed by atoms with van der Waals surface area (Å²) >= 11 is 0. The Balaban J connectivity index is 1.51. The van der Waals surface area contributed by atoms with Crippen molar-refractivity contribution in [3.8, 4) is 0 Å². The number of nitrogens with two attached hydrogens (primary N) is 1. The number of aromatic nitrogens is 4. The maximum atomic E-state index is 10.3. The standard InChI is InChI=1S/C18H28N6O4/c19-15-12-16(23-18(22-15)20-7-6-10-4-2-1-3-5-10)24(9-21-12)17-14(27)13(26)11(8-25)28-17/h9-11,13-14,17,25-27H,1-8H2,(H3,19,20,22,23)/t11-,13-,14-,17-/m1/s1. The summed E-state index contributed by atoms with van der Waals surface area (Å²) in [5.41, 5.74) is 6.84. The van der Waals surface area contributed by atoms with Crippen LogP contribution in [0.25, 0.3) is 11.2 Å². The Labute approximate surface area is 162 Å². The molecule has 1 saturated carbocycles. The molecule has 1 saturated heterocycles. The largest absolute Gasteiger partial charge is 0.394 e. The van der Waals surface area contributed by atoms with Crippen molar-refractivity contribution >= 4 is 22.9 Å². The van der Waals surface area contributed by atoms with Gasteiger partial charge in [-0.15, -0.1) is 0 Å². The van der Waals surface area contributed by atoms with Gasteiger partial charge < -0.3 is 31.1 Å². The van der Waals surface area contributed by atoms with Gasteiger partial charge in [-0.2, -0.15) is 9.97 Å². The minimum atomic E-state index is -1.21. The highest BCUT2D eigenvalue weighted by Gasteiger charge is 2.44. The second kappa shape index (κ2) is 8.16. The van der Waals surface area contributed by atoms with Crippen LogP contribution in [-0.2, 0) is 4.74 Å². The molecule has 10 heteroatoms. The van der Waals surface area contributed by atoms with Crippen LogP contribution in [0.1, 0.15) is 44.8 Å². The van der Waals surface area contributed by atoms with Gasteiger partial charge in [-0.25, -0.2) is 4.98 Å². The van der Waals surface area contributed by atoms with Gasteiger partial charge >= 0.3 is 0 Å². The number of nitrogens with one attached hydrogen (secondary N) is 1. The van der Waals surface area contributed by atoms with Crippen LogP contribution in [-0.4, -0.2) is 66.3 Å². The lowest BCUT2D eigenvalue weighted by atomic mass is 9.87. The van der Waals surface area contributed by atoms with Gasteiger partial charge in [0.1, 0.15) is 23.8 Å². The Morgan fingerprint density at radius 3 is 2.68 bits per heavy atom. The normalized spacial score (nSPS) is 28.8. The van der Waals surface area contributed by atoms with Crippen molar-refractivity contribution in [2.75, 3.05) is 24.2 Å². The number of rotatable bonds is 6. The van der Waals surface area contributed by atoms with Crippen molar-refractivity contribution in [2.45, 2.75) is 63.1 Å². The van der Waals surface area contributed by atoms with E-state index in [1.165, 1.54) is 43.0 Å². The van der Waals surface area contributed by atoms with Crippen molar-refractivity contribution in [2.24, 2.45) is 5.92 Å². The summed E-state index contributed by atoms with van der Waals surface area (Å²) in [5.74, 6) is 1.37. The fourth-order valence-electron chi connectivity index (χ4n) is 4.18. The Morgan fingerprint density at radius 1 is 1.18 bits per heavy atom. The van der Waals surface area contributed by atoms with Gasteiger partial charge in [0.15, 0.2) is 17.7 Å². The molecular formula is C18H28N6O4. The summed E-state index contributed by atoms with van der Waals surface area (Å²) in [6.45, 7) is 0.365. The van der Waals surface area contributed by atoms with Gasteiger partial charge in [0.2, 0.25) is 5.95 Å². The minimum absolute atomic E-state index is 0.232. The molecule has 2 aromatic heterocycles. The molecule has 0 amide bonds. The molecule has 28 heavy (non-hydrogen) atoms. The number of aliphatic hydroxyl groups excluding tert-OH is 3. The summed E-state index contributed by atoms with van der Waals surface area (Å²) in [7, 11) is 0. The molecule has 0 bridgehead atoms. The van der Waals surface area contributed by atoms with Crippen LogP contribution in [0.5, 0.6) is 0 Å². The summed E-state index contributed by atoms with van der Waals surface area (Å²) in [6, 6.07) is 0. The molecule has 154 valence electrons. The maximum Gasteiger partial charge on any atom is 0.226 e. The maximum absolute atomic E-state index is 10.3. The molecule has 0 unspecified atom stereocenters. The lowest BCUT2D eigenvalue weighted by molar-refractivity contribution is -0.0511. The molecule has 1 aliphatic carbocycles. The van der Waals surface area contributed by atoms with E-state index in [-0.39, 0.29) is 5.82 Å². The number of hydrogen-bond acceptors (Lipinski definition) is 9. The van der Waals surface area contributed by atoms with Gasteiger partial charge in [-0.05, 0) is 12.3 Å². The lowest BCUT2D eigenvalue weighted by Crippen LogP contribution is -2.33. The fourth-order valence-corrected chi connectivity index (χ4v) is 4.18. The van der Waals surface area contributed by atoms with Crippen LogP contribution in [0.2, 0.25) is 0 Å². The minimum Gasteiger partial charge on any atom is -0.394 e. The first-order valence-corrected chi connectivity index (χ1v) is 9.95. The smallest absolute Gasteiger partial charge is 0.226 e. The summed E-state index contributed by atoms with van der Waals surface area (Å²) < 4.78 is 7.10. The first-order chi connectivity index (χ1) is 13.6. The molecule has 1 aliphatic heterocycles. The van der Waals surface area contributed by atoms with Crippen molar-refractivity contribution in [3.63, 3.8) is 0 Å². The average molecular weight is 392 g/mol. The second-order valence-corrected chi connectivity index (χ2v) is 7.70. The Bertz CT molecular complexity index is 809. The van der Waals surface area contributed by atoms with E-state index in [1.54, 1.807) is 0 Å². The highest BCUT2D eigenvalue weighted by atomic mass is 16.6. The molecule has 0 spiro atoms. The van der Waals surface area contributed by atoms with Crippen molar-refractivity contribution < 1.29 is 20.1 Å². The number of imidazole rings is 1. The number of nitrogen functional groups attached to an aromatic ring is 1. The molecule has 4 rings (SSSR count). The fraction of sp³-hybridized carbons (Fsp3) is 0.722. The van der Waals surface area contributed by atoms with E-state index in [4.69, 9.17) is 10.5 Å². The van der Waals surface area contributed by atoms with E-state index in [0.29, 0.717) is 17.1 Å². The topological polar surface area (TPSA) is 152 Å². The summed E-state index contributed by atoms with van der Waals surface area (Å²) in [5, 5.41) is 32.8. The Kier molecular flexibility index (Phi) is 5.63. The second-order valence-electron chi connectivity index (χ2n) is 7.70. The molecule has 4 atom stereocenters. The zero-order valence-electron chi connectivity index (χ0n) is 15.7. The number of fused-ring (bicyclic) bond motifs is 1. The number of hydrogen-bond donors (Lipinski definition) is 5. The van der Waals surface area contributed by atoms with Crippen LogP contribution in [0.4, 0.5) is 11.8 Å². The van der Waals surface area contributed by atoms with Crippen LogP contribution < -0.4 is 11.1 Å². The van der Waals surface area contributed by atoms with E-state index < -0.39 is 31.1 Å². The molecule has 2 fully saturated rings. The highest BCUT2D eigenvalue weighted by molar-refractivity contribution is 5.83. The Morgan fingerprint density at radius 2 is 1.96 bits per heavy atom. The van der Waals surface area contributed by atoms with Crippen molar-refractivity contribution in [1.82, 2.24) is 19.5 Å². The third-order valence-electron chi connectivity index (χ3n) is 5.80. The van der Waals surface area contributed by atoms with E-state index in [2.05, 4.69) is 20.3 Å². The molecule has 10 nitrogen and oxygen atoms in total. The van der Waals surface area contributed by atoms with Crippen molar-refractivity contribution in [1.29, 1.82) is 0 Å². The van der Waals surface area contributed by atoms with Crippen LogP contribution in [0.3, 0.4) is 0 Å². The van der Waals surface area contributed by atoms with Crippen LogP contribution >= 0.6 is 0 Å². The highest BCUT2D eigenvalue weighted by Crippen LogP contribution is 2.32.